The van der Waals surface area contributed by atoms with Gasteiger partial charge in [0.15, 0.2) is 0 Å². The minimum Gasteiger partial charge on any atom is -0.384 e. The van der Waals surface area contributed by atoms with Crippen LogP contribution in [0.3, 0.4) is 0 Å². The maximum absolute atomic E-state index is 13.0. The van der Waals surface area contributed by atoms with Gasteiger partial charge in [0.2, 0.25) is 0 Å². The van der Waals surface area contributed by atoms with Crippen LogP contribution < -0.4 is 0 Å². The third-order valence-corrected chi connectivity index (χ3v) is 2.20. The highest BCUT2D eigenvalue weighted by atomic mass is 32.2. The minimum atomic E-state index is -0.279. The molecule has 0 aliphatic heterocycles. The van der Waals surface area contributed by atoms with E-state index in [2.05, 4.69) is 11.8 Å². The fourth-order valence-electron chi connectivity index (χ4n) is 1.11. The first-order chi connectivity index (χ1) is 6.76. The van der Waals surface area contributed by atoms with Crippen molar-refractivity contribution in [1.82, 2.24) is 0 Å². The summed E-state index contributed by atoms with van der Waals surface area (Å²) in [5, 5.41) is 8.50. The van der Waals surface area contributed by atoms with Gasteiger partial charge in [-0.05, 0) is 30.0 Å². The molecule has 1 aromatic rings. The second-order valence-corrected chi connectivity index (χ2v) is 3.61. The van der Waals surface area contributed by atoms with Crippen molar-refractivity contribution in [3.05, 3.63) is 35.1 Å². The normalized spacial score (nSPS) is 9.36. The van der Waals surface area contributed by atoms with E-state index < -0.39 is 0 Å². The van der Waals surface area contributed by atoms with Crippen molar-refractivity contribution in [1.29, 1.82) is 0 Å². The van der Waals surface area contributed by atoms with Crippen LogP contribution >= 0.6 is 11.8 Å². The summed E-state index contributed by atoms with van der Waals surface area (Å²) in [6.45, 7) is -0.200. The van der Waals surface area contributed by atoms with Gasteiger partial charge in [0.25, 0.3) is 0 Å². The van der Waals surface area contributed by atoms with Gasteiger partial charge in [-0.1, -0.05) is 11.8 Å². The van der Waals surface area contributed by atoms with E-state index in [0.717, 1.165) is 11.3 Å². The molecule has 0 spiro atoms. The van der Waals surface area contributed by atoms with E-state index in [0.29, 0.717) is 5.56 Å². The van der Waals surface area contributed by atoms with Crippen molar-refractivity contribution in [2.75, 3.05) is 12.9 Å². The van der Waals surface area contributed by atoms with Gasteiger partial charge < -0.3 is 5.11 Å². The Morgan fingerprint density at radius 1 is 1.43 bits per heavy atom. The SMILES string of the molecule is CSCc1cc(F)cc(C#CCO)c1. The van der Waals surface area contributed by atoms with Crippen molar-refractivity contribution in [2.45, 2.75) is 5.75 Å². The van der Waals surface area contributed by atoms with Gasteiger partial charge in [-0.25, -0.2) is 4.39 Å². The molecular formula is C11H11FOS. The molecule has 0 saturated heterocycles. The number of aliphatic hydroxyl groups excluding tert-OH is 1. The molecule has 1 aromatic carbocycles. The Morgan fingerprint density at radius 3 is 2.86 bits per heavy atom. The number of benzene rings is 1. The number of hydrogen-bond acceptors (Lipinski definition) is 2. The molecule has 0 aliphatic rings. The van der Waals surface area contributed by atoms with Crippen molar-refractivity contribution in [3.63, 3.8) is 0 Å². The van der Waals surface area contributed by atoms with Gasteiger partial charge in [-0.3, -0.25) is 0 Å². The largest absolute Gasteiger partial charge is 0.384 e. The maximum atomic E-state index is 13.0. The first-order valence-corrected chi connectivity index (χ1v) is 5.54. The van der Waals surface area contributed by atoms with Crippen LogP contribution in [0.15, 0.2) is 18.2 Å². The summed E-state index contributed by atoms with van der Waals surface area (Å²) in [5.74, 6) is 5.67. The highest BCUT2D eigenvalue weighted by molar-refractivity contribution is 7.97. The summed E-state index contributed by atoms with van der Waals surface area (Å²) in [6.07, 6.45) is 1.96. The highest BCUT2D eigenvalue weighted by Gasteiger charge is 1.98. The average molecular weight is 210 g/mol. The van der Waals surface area contributed by atoms with E-state index in [1.165, 1.54) is 12.1 Å². The van der Waals surface area contributed by atoms with Crippen LogP contribution in [-0.4, -0.2) is 18.0 Å². The molecule has 74 valence electrons. The first kappa shape index (κ1) is 11.1. The lowest BCUT2D eigenvalue weighted by Gasteiger charge is -1.99. The van der Waals surface area contributed by atoms with Crippen LogP contribution in [0.5, 0.6) is 0 Å². The van der Waals surface area contributed by atoms with Gasteiger partial charge in [0, 0.05) is 11.3 Å². The third-order valence-electron chi connectivity index (χ3n) is 1.58. The summed E-state index contributed by atoms with van der Waals surface area (Å²) in [6, 6.07) is 4.70. The number of rotatable bonds is 2. The van der Waals surface area contributed by atoms with Crippen molar-refractivity contribution < 1.29 is 9.50 Å². The van der Waals surface area contributed by atoms with E-state index in [-0.39, 0.29) is 12.4 Å². The maximum Gasteiger partial charge on any atom is 0.124 e. The van der Waals surface area contributed by atoms with Crippen molar-refractivity contribution >= 4 is 11.8 Å². The van der Waals surface area contributed by atoms with E-state index in [9.17, 15) is 4.39 Å². The van der Waals surface area contributed by atoms with Gasteiger partial charge in [-0.2, -0.15) is 11.8 Å². The van der Waals surface area contributed by atoms with Crippen LogP contribution in [-0.2, 0) is 5.75 Å². The standard InChI is InChI=1S/C11H11FOS/c1-14-8-10-5-9(3-2-4-13)6-11(12)7-10/h5-7,13H,4,8H2,1H3. The molecule has 0 radical (unpaired) electrons. The highest BCUT2D eigenvalue weighted by Crippen LogP contribution is 2.13. The molecule has 0 unspecified atom stereocenters. The Bertz CT molecular complexity index is 365. The summed E-state index contributed by atoms with van der Waals surface area (Å²) in [5.41, 5.74) is 1.53. The molecule has 3 heteroatoms. The molecule has 1 nitrogen and oxygen atoms in total. The van der Waals surface area contributed by atoms with Crippen LogP contribution in [0.4, 0.5) is 4.39 Å². The summed E-state index contributed by atoms with van der Waals surface area (Å²) < 4.78 is 13.0. The topological polar surface area (TPSA) is 20.2 Å². The van der Waals surface area contributed by atoms with E-state index >= 15 is 0 Å². The van der Waals surface area contributed by atoms with Crippen LogP contribution in [0.1, 0.15) is 11.1 Å². The number of thioether (sulfide) groups is 1. The second kappa shape index (κ2) is 5.69. The molecule has 0 aromatic heterocycles. The third kappa shape index (κ3) is 3.41. The van der Waals surface area contributed by atoms with Crippen LogP contribution in [0.25, 0.3) is 0 Å². The summed E-state index contributed by atoms with van der Waals surface area (Å²) >= 11 is 1.63. The van der Waals surface area contributed by atoms with E-state index in [1.807, 2.05) is 12.3 Å². The average Bonchev–Trinajstić information content (AvgIpc) is 2.14. The molecule has 0 amide bonds. The lowest BCUT2D eigenvalue weighted by Crippen LogP contribution is -1.86. The lowest BCUT2D eigenvalue weighted by atomic mass is 10.1. The fraction of sp³-hybridized carbons (Fsp3) is 0.273. The quantitative estimate of drug-likeness (QED) is 0.754. The predicted molar refractivity (Wildman–Crippen MR) is 57.6 cm³/mol. The predicted octanol–water partition coefficient (Wildman–Crippen LogP) is 2.03. The van der Waals surface area contributed by atoms with Gasteiger partial charge in [0.05, 0.1) is 0 Å². The zero-order valence-corrected chi connectivity index (χ0v) is 8.70. The van der Waals surface area contributed by atoms with E-state index in [4.69, 9.17) is 5.11 Å². The first-order valence-electron chi connectivity index (χ1n) is 4.14. The zero-order chi connectivity index (χ0) is 10.4. The van der Waals surface area contributed by atoms with Crippen LogP contribution in [0, 0.1) is 17.7 Å². The van der Waals surface area contributed by atoms with Gasteiger partial charge >= 0.3 is 0 Å². The fourth-order valence-corrected chi connectivity index (χ4v) is 1.61. The van der Waals surface area contributed by atoms with Gasteiger partial charge in [0.1, 0.15) is 12.4 Å². The molecule has 14 heavy (non-hydrogen) atoms. The monoisotopic (exact) mass is 210 g/mol. The molecule has 0 saturated carbocycles. The molecule has 0 atom stereocenters. The molecular weight excluding hydrogens is 199 g/mol. The number of halogens is 1. The minimum absolute atomic E-state index is 0.200. The zero-order valence-electron chi connectivity index (χ0n) is 7.88. The Hall–Kier alpha value is -0.980. The molecule has 0 heterocycles. The Morgan fingerprint density at radius 2 is 2.21 bits per heavy atom. The van der Waals surface area contributed by atoms with Crippen molar-refractivity contribution in [2.24, 2.45) is 0 Å². The Kier molecular flexibility index (Phi) is 4.51. The van der Waals surface area contributed by atoms with Crippen molar-refractivity contribution in [3.8, 4) is 11.8 Å². The van der Waals surface area contributed by atoms with Gasteiger partial charge in [-0.15, -0.1) is 0 Å². The molecule has 1 rings (SSSR count). The molecule has 1 N–H and O–H groups in total. The summed E-state index contributed by atoms with van der Waals surface area (Å²) in [7, 11) is 0. The Balaban J connectivity index is 2.94. The number of hydrogen-bond donors (Lipinski definition) is 1. The smallest absolute Gasteiger partial charge is 0.124 e. The second-order valence-electron chi connectivity index (χ2n) is 2.74. The number of aliphatic hydroxyl groups is 1. The Labute approximate surface area is 87.3 Å². The molecule has 0 fully saturated rings. The van der Waals surface area contributed by atoms with E-state index in [1.54, 1.807) is 11.8 Å². The summed E-state index contributed by atoms with van der Waals surface area (Å²) in [4.78, 5) is 0. The lowest BCUT2D eigenvalue weighted by molar-refractivity contribution is 0.350. The molecule has 0 bridgehead atoms. The van der Waals surface area contributed by atoms with Crippen LogP contribution in [0.2, 0.25) is 0 Å². The molecule has 0 aliphatic carbocycles.